The van der Waals surface area contributed by atoms with Gasteiger partial charge in [0.1, 0.15) is 6.61 Å². The fraction of sp³-hybridized carbons (Fsp3) is 0.562. The fourth-order valence-electron chi connectivity index (χ4n) is 2.30. The van der Waals surface area contributed by atoms with Gasteiger partial charge in [0.25, 0.3) is 0 Å². The molecule has 0 saturated heterocycles. The summed E-state index contributed by atoms with van der Waals surface area (Å²) >= 11 is 0. The standard InChI is InChI=1S/C16H23NO3/c1-16(2,3)20-9-8-19-15(18)14-11-17-10-12-6-4-5-7-13(12)14/h4-7,14,17H,8-11H2,1-3H3. The van der Waals surface area contributed by atoms with Crippen LogP contribution in [0.5, 0.6) is 0 Å². The molecule has 0 amide bonds. The Morgan fingerprint density at radius 2 is 2.05 bits per heavy atom. The second-order valence-electron chi connectivity index (χ2n) is 6.01. The van der Waals surface area contributed by atoms with Gasteiger partial charge in [-0.25, -0.2) is 0 Å². The summed E-state index contributed by atoms with van der Waals surface area (Å²) < 4.78 is 10.9. The van der Waals surface area contributed by atoms with Crippen LogP contribution in [-0.2, 0) is 20.8 Å². The van der Waals surface area contributed by atoms with Gasteiger partial charge in [0.05, 0.1) is 18.1 Å². The molecule has 20 heavy (non-hydrogen) atoms. The van der Waals surface area contributed by atoms with Crippen LogP contribution in [0.3, 0.4) is 0 Å². The Morgan fingerprint density at radius 3 is 2.80 bits per heavy atom. The van der Waals surface area contributed by atoms with Gasteiger partial charge >= 0.3 is 5.97 Å². The molecule has 1 aliphatic rings. The summed E-state index contributed by atoms with van der Waals surface area (Å²) in [4.78, 5) is 12.2. The molecule has 4 nitrogen and oxygen atoms in total. The number of rotatable bonds is 4. The Bertz CT molecular complexity index is 465. The van der Waals surface area contributed by atoms with Gasteiger partial charge in [-0.2, -0.15) is 0 Å². The van der Waals surface area contributed by atoms with Crippen molar-refractivity contribution in [3.05, 3.63) is 35.4 Å². The third kappa shape index (κ3) is 4.05. The van der Waals surface area contributed by atoms with Gasteiger partial charge in [-0.15, -0.1) is 0 Å². The molecule has 1 aromatic carbocycles. The average Bonchev–Trinajstić information content (AvgIpc) is 2.41. The van der Waals surface area contributed by atoms with Gasteiger partial charge in [0.2, 0.25) is 0 Å². The second kappa shape index (κ2) is 6.37. The van der Waals surface area contributed by atoms with E-state index >= 15 is 0 Å². The Morgan fingerprint density at radius 1 is 1.30 bits per heavy atom. The summed E-state index contributed by atoms with van der Waals surface area (Å²) in [6.45, 7) is 8.12. The minimum absolute atomic E-state index is 0.179. The number of benzene rings is 1. The van der Waals surface area contributed by atoms with Crippen molar-refractivity contribution in [2.45, 2.75) is 38.8 Å². The van der Waals surface area contributed by atoms with Gasteiger partial charge in [-0.05, 0) is 31.9 Å². The molecule has 1 unspecified atom stereocenters. The number of fused-ring (bicyclic) bond motifs is 1. The lowest BCUT2D eigenvalue weighted by Gasteiger charge is -2.25. The average molecular weight is 277 g/mol. The number of nitrogens with one attached hydrogen (secondary N) is 1. The van der Waals surface area contributed by atoms with Crippen molar-refractivity contribution in [3.8, 4) is 0 Å². The molecule has 0 aliphatic carbocycles. The highest BCUT2D eigenvalue weighted by atomic mass is 16.6. The zero-order chi connectivity index (χ0) is 14.6. The minimum atomic E-state index is -0.213. The summed E-state index contributed by atoms with van der Waals surface area (Å²) in [5, 5.41) is 3.25. The summed E-state index contributed by atoms with van der Waals surface area (Å²) in [5.74, 6) is -0.392. The van der Waals surface area contributed by atoms with Crippen molar-refractivity contribution in [1.82, 2.24) is 5.32 Å². The van der Waals surface area contributed by atoms with Crippen LogP contribution < -0.4 is 5.32 Å². The Balaban J connectivity index is 1.88. The summed E-state index contributed by atoms with van der Waals surface area (Å²) in [7, 11) is 0. The lowest BCUT2D eigenvalue weighted by Crippen LogP contribution is -2.34. The number of carbonyl (C=O) groups excluding carboxylic acids is 1. The molecule has 0 bridgehead atoms. The van der Waals surface area contributed by atoms with Gasteiger partial charge in [0, 0.05) is 13.1 Å². The molecule has 1 aromatic rings. The van der Waals surface area contributed by atoms with Gasteiger partial charge in [-0.3, -0.25) is 4.79 Å². The van der Waals surface area contributed by atoms with E-state index < -0.39 is 0 Å². The van der Waals surface area contributed by atoms with Crippen molar-refractivity contribution >= 4 is 5.97 Å². The molecular weight excluding hydrogens is 254 g/mol. The summed E-state index contributed by atoms with van der Waals surface area (Å²) in [6, 6.07) is 8.01. The molecule has 2 rings (SSSR count). The van der Waals surface area contributed by atoms with Crippen LogP contribution in [0.2, 0.25) is 0 Å². The first-order valence-electron chi connectivity index (χ1n) is 7.06. The van der Waals surface area contributed by atoms with Crippen molar-refractivity contribution in [3.63, 3.8) is 0 Å². The zero-order valence-electron chi connectivity index (χ0n) is 12.4. The van der Waals surface area contributed by atoms with Gasteiger partial charge in [-0.1, -0.05) is 24.3 Å². The van der Waals surface area contributed by atoms with E-state index in [-0.39, 0.29) is 17.5 Å². The maximum absolute atomic E-state index is 12.2. The first-order valence-corrected chi connectivity index (χ1v) is 7.06. The van der Waals surface area contributed by atoms with Crippen LogP contribution in [0, 0.1) is 0 Å². The highest BCUT2D eigenvalue weighted by Crippen LogP contribution is 2.24. The number of hydrogen-bond acceptors (Lipinski definition) is 4. The number of carbonyl (C=O) groups is 1. The fourth-order valence-corrected chi connectivity index (χ4v) is 2.30. The molecule has 0 spiro atoms. The molecule has 1 N–H and O–H groups in total. The molecule has 0 saturated carbocycles. The van der Waals surface area contributed by atoms with E-state index in [4.69, 9.17) is 9.47 Å². The normalized spacial score (nSPS) is 18.4. The maximum atomic E-state index is 12.2. The number of hydrogen-bond donors (Lipinski definition) is 1. The van der Waals surface area contributed by atoms with Crippen molar-refractivity contribution < 1.29 is 14.3 Å². The zero-order valence-corrected chi connectivity index (χ0v) is 12.4. The molecule has 0 fully saturated rings. The molecule has 1 aliphatic heterocycles. The molecule has 1 heterocycles. The van der Waals surface area contributed by atoms with Gasteiger partial charge < -0.3 is 14.8 Å². The molecular formula is C16H23NO3. The van der Waals surface area contributed by atoms with Crippen LogP contribution in [0.25, 0.3) is 0 Å². The van der Waals surface area contributed by atoms with Crippen molar-refractivity contribution in [2.75, 3.05) is 19.8 Å². The maximum Gasteiger partial charge on any atom is 0.314 e. The van der Waals surface area contributed by atoms with E-state index in [1.165, 1.54) is 5.56 Å². The molecule has 1 atom stereocenters. The smallest absolute Gasteiger partial charge is 0.314 e. The third-order valence-electron chi connectivity index (χ3n) is 3.24. The Hall–Kier alpha value is -1.39. The number of ether oxygens (including phenoxy) is 2. The number of esters is 1. The predicted molar refractivity (Wildman–Crippen MR) is 77.6 cm³/mol. The van der Waals surface area contributed by atoms with Crippen LogP contribution in [0.4, 0.5) is 0 Å². The highest BCUT2D eigenvalue weighted by molar-refractivity contribution is 5.79. The SMILES string of the molecule is CC(C)(C)OCCOC(=O)C1CNCc2ccccc21. The minimum Gasteiger partial charge on any atom is -0.463 e. The highest BCUT2D eigenvalue weighted by Gasteiger charge is 2.27. The largest absolute Gasteiger partial charge is 0.463 e. The topological polar surface area (TPSA) is 47.6 Å². The summed E-state index contributed by atoms with van der Waals surface area (Å²) in [6.07, 6.45) is 0. The molecule has 4 heteroatoms. The van der Waals surface area contributed by atoms with E-state index in [9.17, 15) is 4.79 Å². The monoisotopic (exact) mass is 277 g/mol. The van der Waals surface area contributed by atoms with Crippen LogP contribution in [0.1, 0.15) is 37.8 Å². The van der Waals surface area contributed by atoms with Crippen LogP contribution in [-0.4, -0.2) is 31.3 Å². The van der Waals surface area contributed by atoms with Crippen molar-refractivity contribution in [2.24, 2.45) is 0 Å². The lowest BCUT2D eigenvalue weighted by atomic mass is 9.91. The van der Waals surface area contributed by atoms with E-state index in [1.54, 1.807) is 0 Å². The van der Waals surface area contributed by atoms with Gasteiger partial charge in [0.15, 0.2) is 0 Å². The molecule has 0 aromatic heterocycles. The molecule has 110 valence electrons. The van der Waals surface area contributed by atoms with E-state index in [2.05, 4.69) is 5.32 Å². The second-order valence-corrected chi connectivity index (χ2v) is 6.01. The van der Waals surface area contributed by atoms with Crippen LogP contribution in [0.15, 0.2) is 24.3 Å². The summed E-state index contributed by atoms with van der Waals surface area (Å²) in [5.41, 5.74) is 2.05. The Kier molecular flexibility index (Phi) is 4.78. The molecule has 0 radical (unpaired) electrons. The lowest BCUT2D eigenvalue weighted by molar-refractivity contribution is -0.148. The van der Waals surface area contributed by atoms with E-state index in [1.807, 2.05) is 45.0 Å². The first-order chi connectivity index (χ1) is 9.47. The quantitative estimate of drug-likeness (QED) is 0.677. The van der Waals surface area contributed by atoms with Crippen molar-refractivity contribution in [1.29, 1.82) is 0 Å². The first kappa shape index (κ1) is 15.0. The predicted octanol–water partition coefficient (Wildman–Crippen LogP) is 2.23. The van der Waals surface area contributed by atoms with Crippen LogP contribution >= 0.6 is 0 Å². The van der Waals surface area contributed by atoms with E-state index in [0.29, 0.717) is 19.8 Å². The van der Waals surface area contributed by atoms with E-state index in [0.717, 1.165) is 12.1 Å². The third-order valence-corrected chi connectivity index (χ3v) is 3.24. The Labute approximate surface area is 120 Å².